The maximum atomic E-state index is 5.27. The summed E-state index contributed by atoms with van der Waals surface area (Å²) < 4.78 is 5.27. The molecular weight excluding hydrogens is 202 g/mol. The van der Waals surface area contributed by atoms with E-state index in [1.54, 1.807) is 13.3 Å². The molecule has 16 heavy (non-hydrogen) atoms. The summed E-state index contributed by atoms with van der Waals surface area (Å²) in [6, 6.07) is 4.62. The predicted molar refractivity (Wildman–Crippen MR) is 63.5 cm³/mol. The minimum atomic E-state index is 0.568. The number of hydrogen-bond acceptors (Lipinski definition) is 4. The van der Waals surface area contributed by atoms with Crippen LogP contribution in [0.3, 0.4) is 0 Å². The summed E-state index contributed by atoms with van der Waals surface area (Å²) in [4.78, 5) is 6.68. The molecule has 0 aromatic carbocycles. The molecule has 4 heteroatoms. The van der Waals surface area contributed by atoms with Crippen molar-refractivity contribution in [2.75, 3.05) is 26.7 Å². The molecule has 0 saturated carbocycles. The summed E-state index contributed by atoms with van der Waals surface area (Å²) in [5.41, 5.74) is 1.17. The molecule has 0 radical (unpaired) electrons. The van der Waals surface area contributed by atoms with Crippen LogP contribution in [-0.4, -0.2) is 42.7 Å². The zero-order chi connectivity index (χ0) is 11.4. The van der Waals surface area contributed by atoms with E-state index in [4.69, 9.17) is 4.74 Å². The third-order valence-electron chi connectivity index (χ3n) is 3.06. The number of nitrogens with zero attached hydrogens (tertiary/aromatic N) is 2. The van der Waals surface area contributed by atoms with Gasteiger partial charge in [-0.3, -0.25) is 4.90 Å². The van der Waals surface area contributed by atoms with Gasteiger partial charge in [-0.1, -0.05) is 6.07 Å². The maximum Gasteiger partial charge on any atom is 0.217 e. The average molecular weight is 221 g/mol. The van der Waals surface area contributed by atoms with Crippen LogP contribution in [0, 0.1) is 0 Å². The third kappa shape index (κ3) is 2.51. The molecule has 0 aliphatic carbocycles. The fourth-order valence-corrected chi connectivity index (χ4v) is 2.07. The van der Waals surface area contributed by atoms with Gasteiger partial charge in [-0.25, -0.2) is 4.98 Å². The summed E-state index contributed by atoms with van der Waals surface area (Å²) in [5, 5.41) is 3.39. The largest absolute Gasteiger partial charge is 0.481 e. The first kappa shape index (κ1) is 11.4. The Balaban J connectivity index is 2.07. The number of rotatable bonds is 3. The van der Waals surface area contributed by atoms with Crippen LogP contribution in [0.15, 0.2) is 18.3 Å². The molecule has 0 amide bonds. The molecule has 1 N–H and O–H groups in total. The number of nitrogens with one attached hydrogen (secondary N) is 1. The summed E-state index contributed by atoms with van der Waals surface area (Å²) >= 11 is 0. The summed E-state index contributed by atoms with van der Waals surface area (Å²) in [7, 11) is 1.67. The molecule has 1 fully saturated rings. The third-order valence-corrected chi connectivity index (χ3v) is 3.06. The van der Waals surface area contributed by atoms with E-state index in [0.29, 0.717) is 6.04 Å². The van der Waals surface area contributed by atoms with Crippen molar-refractivity contribution in [2.45, 2.75) is 19.5 Å². The van der Waals surface area contributed by atoms with Crippen molar-refractivity contribution < 1.29 is 4.74 Å². The number of methoxy groups -OCH3 is 1. The van der Waals surface area contributed by atoms with Crippen molar-refractivity contribution in [1.82, 2.24) is 15.2 Å². The quantitative estimate of drug-likeness (QED) is 0.822. The van der Waals surface area contributed by atoms with Crippen molar-refractivity contribution in [2.24, 2.45) is 0 Å². The van der Waals surface area contributed by atoms with E-state index < -0.39 is 0 Å². The molecule has 2 rings (SSSR count). The highest BCUT2D eigenvalue weighted by Gasteiger charge is 2.19. The number of ether oxygens (including phenoxy) is 1. The van der Waals surface area contributed by atoms with E-state index in [2.05, 4.69) is 28.2 Å². The normalized spacial score (nSPS) is 22.0. The smallest absolute Gasteiger partial charge is 0.217 e. The Morgan fingerprint density at radius 3 is 3.25 bits per heavy atom. The Morgan fingerprint density at radius 2 is 2.50 bits per heavy atom. The Labute approximate surface area is 96.6 Å². The van der Waals surface area contributed by atoms with Gasteiger partial charge in [-0.15, -0.1) is 0 Å². The Kier molecular flexibility index (Phi) is 3.74. The van der Waals surface area contributed by atoms with E-state index in [0.717, 1.165) is 32.1 Å². The highest BCUT2D eigenvalue weighted by molar-refractivity contribution is 5.25. The van der Waals surface area contributed by atoms with Gasteiger partial charge in [0.25, 0.3) is 0 Å². The first-order chi connectivity index (χ1) is 7.81. The van der Waals surface area contributed by atoms with Crippen molar-refractivity contribution in [3.05, 3.63) is 23.9 Å². The van der Waals surface area contributed by atoms with Gasteiger partial charge in [0.15, 0.2) is 0 Å². The summed E-state index contributed by atoms with van der Waals surface area (Å²) in [6.07, 6.45) is 1.77. The molecular formula is C12H19N3O. The van der Waals surface area contributed by atoms with Gasteiger partial charge < -0.3 is 10.1 Å². The second-order valence-corrected chi connectivity index (χ2v) is 4.20. The van der Waals surface area contributed by atoms with Crippen LogP contribution in [0.1, 0.15) is 12.5 Å². The van der Waals surface area contributed by atoms with Gasteiger partial charge in [0.2, 0.25) is 5.88 Å². The van der Waals surface area contributed by atoms with Gasteiger partial charge in [0.05, 0.1) is 7.11 Å². The van der Waals surface area contributed by atoms with Crippen LogP contribution in [-0.2, 0) is 6.54 Å². The van der Waals surface area contributed by atoms with E-state index in [1.807, 2.05) is 6.07 Å². The van der Waals surface area contributed by atoms with Crippen molar-refractivity contribution in [3.63, 3.8) is 0 Å². The Bertz CT molecular complexity index is 343. The lowest BCUT2D eigenvalue weighted by atomic mass is 10.1. The molecule has 0 bridgehead atoms. The first-order valence-corrected chi connectivity index (χ1v) is 5.74. The zero-order valence-electron chi connectivity index (χ0n) is 9.94. The predicted octanol–water partition coefficient (Wildman–Crippen LogP) is 0.884. The molecule has 88 valence electrons. The Hall–Kier alpha value is -1.13. The standard InChI is InChI=1S/C12H19N3O/c1-10-8-13-6-7-15(10)9-11-4-3-5-14-12(11)16-2/h3-5,10,13H,6-9H2,1-2H3. The fourth-order valence-electron chi connectivity index (χ4n) is 2.07. The second-order valence-electron chi connectivity index (χ2n) is 4.20. The molecule has 1 aromatic heterocycles. The van der Waals surface area contributed by atoms with Crippen molar-refractivity contribution in [1.29, 1.82) is 0 Å². The van der Waals surface area contributed by atoms with Crippen LogP contribution >= 0.6 is 0 Å². The van der Waals surface area contributed by atoms with E-state index in [1.165, 1.54) is 5.56 Å². The van der Waals surface area contributed by atoms with Gasteiger partial charge in [0.1, 0.15) is 0 Å². The van der Waals surface area contributed by atoms with E-state index >= 15 is 0 Å². The van der Waals surface area contributed by atoms with Crippen LogP contribution < -0.4 is 10.1 Å². The van der Waals surface area contributed by atoms with E-state index in [-0.39, 0.29) is 0 Å². The number of piperazine rings is 1. The molecule has 1 aromatic rings. The second kappa shape index (κ2) is 5.27. The minimum Gasteiger partial charge on any atom is -0.481 e. The molecule has 1 aliphatic heterocycles. The molecule has 1 atom stereocenters. The SMILES string of the molecule is COc1ncccc1CN1CCNCC1C. The zero-order valence-corrected chi connectivity index (χ0v) is 9.94. The highest BCUT2D eigenvalue weighted by atomic mass is 16.5. The summed E-state index contributed by atoms with van der Waals surface area (Å²) in [6.45, 7) is 6.36. The molecule has 1 unspecified atom stereocenters. The van der Waals surface area contributed by atoms with Crippen molar-refractivity contribution in [3.8, 4) is 5.88 Å². The summed E-state index contributed by atoms with van der Waals surface area (Å²) in [5.74, 6) is 0.744. The molecule has 2 heterocycles. The van der Waals surface area contributed by atoms with Crippen LogP contribution in [0.25, 0.3) is 0 Å². The van der Waals surface area contributed by atoms with Crippen LogP contribution in [0.5, 0.6) is 5.88 Å². The highest BCUT2D eigenvalue weighted by Crippen LogP contribution is 2.17. The molecule has 1 saturated heterocycles. The number of pyridine rings is 1. The van der Waals surface area contributed by atoms with Crippen molar-refractivity contribution >= 4 is 0 Å². The van der Waals surface area contributed by atoms with Gasteiger partial charge in [-0.05, 0) is 13.0 Å². The lowest BCUT2D eigenvalue weighted by molar-refractivity contribution is 0.163. The molecule has 4 nitrogen and oxygen atoms in total. The van der Waals surface area contributed by atoms with E-state index in [9.17, 15) is 0 Å². The number of aromatic nitrogens is 1. The lowest BCUT2D eigenvalue weighted by Gasteiger charge is -2.33. The Morgan fingerprint density at radius 1 is 1.62 bits per heavy atom. The molecule has 1 aliphatic rings. The monoisotopic (exact) mass is 221 g/mol. The van der Waals surface area contributed by atoms with Gasteiger partial charge in [-0.2, -0.15) is 0 Å². The topological polar surface area (TPSA) is 37.4 Å². The average Bonchev–Trinajstić information content (AvgIpc) is 2.33. The van der Waals surface area contributed by atoms with Crippen LogP contribution in [0.2, 0.25) is 0 Å². The van der Waals surface area contributed by atoms with Gasteiger partial charge >= 0.3 is 0 Å². The maximum absolute atomic E-state index is 5.27. The lowest BCUT2D eigenvalue weighted by Crippen LogP contribution is -2.49. The minimum absolute atomic E-state index is 0.568. The van der Waals surface area contributed by atoms with Crippen LogP contribution in [0.4, 0.5) is 0 Å². The van der Waals surface area contributed by atoms with Gasteiger partial charge in [0, 0.05) is 44.0 Å². The number of hydrogen-bond donors (Lipinski definition) is 1. The molecule has 0 spiro atoms. The fraction of sp³-hybridized carbons (Fsp3) is 0.583. The first-order valence-electron chi connectivity index (χ1n) is 5.74.